The van der Waals surface area contributed by atoms with Gasteiger partial charge in [-0.2, -0.15) is 8.78 Å². The molecule has 3 rings (SSSR count). The van der Waals surface area contributed by atoms with Crippen molar-refractivity contribution in [3.63, 3.8) is 0 Å². The van der Waals surface area contributed by atoms with Gasteiger partial charge in [-0.15, -0.1) is 5.10 Å². The fourth-order valence-electron chi connectivity index (χ4n) is 2.04. The highest BCUT2D eigenvalue weighted by molar-refractivity contribution is 8.00. The van der Waals surface area contributed by atoms with Gasteiger partial charge in [0.25, 0.3) is 0 Å². The number of ether oxygens (including phenoxy) is 1. The lowest BCUT2D eigenvalue weighted by Gasteiger charge is -2.13. The summed E-state index contributed by atoms with van der Waals surface area (Å²) < 4.78 is 30.4. The van der Waals surface area contributed by atoms with Crippen LogP contribution in [0.4, 0.5) is 14.5 Å². The van der Waals surface area contributed by atoms with Crippen LogP contribution in [0.25, 0.3) is 0 Å². The lowest BCUT2D eigenvalue weighted by molar-refractivity contribution is -0.115. The van der Waals surface area contributed by atoms with Crippen molar-refractivity contribution >= 4 is 35.0 Å². The predicted molar refractivity (Wildman–Crippen MR) is 88.1 cm³/mol. The van der Waals surface area contributed by atoms with Gasteiger partial charge in [0, 0.05) is 5.69 Å². The zero-order chi connectivity index (χ0) is 18.0. The molecule has 25 heavy (non-hydrogen) atoms. The molecular formula is C14H14ClF2N5O2S. The smallest absolute Gasteiger partial charge is 0.387 e. The fourth-order valence-corrected chi connectivity index (χ4v) is 3.12. The van der Waals surface area contributed by atoms with Crippen molar-refractivity contribution in [3.8, 4) is 5.75 Å². The number of alkyl halides is 2. The van der Waals surface area contributed by atoms with Gasteiger partial charge < -0.3 is 10.1 Å². The summed E-state index contributed by atoms with van der Waals surface area (Å²) in [6.45, 7) is -1.24. The van der Waals surface area contributed by atoms with Crippen molar-refractivity contribution in [1.29, 1.82) is 0 Å². The van der Waals surface area contributed by atoms with Gasteiger partial charge in [-0.25, -0.2) is 4.68 Å². The maximum atomic E-state index is 12.3. The molecule has 0 spiro atoms. The summed E-state index contributed by atoms with van der Waals surface area (Å²) in [6, 6.07) is 4.37. The van der Waals surface area contributed by atoms with E-state index in [4.69, 9.17) is 11.6 Å². The first kappa shape index (κ1) is 17.9. The van der Waals surface area contributed by atoms with Gasteiger partial charge in [-0.1, -0.05) is 23.4 Å². The number of anilines is 1. The number of rotatable bonds is 7. The van der Waals surface area contributed by atoms with Crippen LogP contribution in [0.15, 0.2) is 23.4 Å². The number of benzene rings is 1. The molecule has 1 aromatic carbocycles. The summed E-state index contributed by atoms with van der Waals surface area (Å²) in [5.74, 6) is -0.436. The van der Waals surface area contributed by atoms with E-state index < -0.39 is 11.9 Å². The van der Waals surface area contributed by atoms with Crippen molar-refractivity contribution in [2.75, 3.05) is 5.32 Å². The first-order chi connectivity index (χ1) is 11.9. The molecule has 0 saturated heterocycles. The molecule has 1 fully saturated rings. The van der Waals surface area contributed by atoms with Crippen molar-refractivity contribution in [1.82, 2.24) is 20.2 Å². The maximum absolute atomic E-state index is 12.3. The van der Waals surface area contributed by atoms with Gasteiger partial charge >= 0.3 is 6.61 Å². The number of nitrogens with one attached hydrogen (secondary N) is 1. The Hall–Kier alpha value is -1.94. The molecule has 1 N–H and O–H groups in total. The average Bonchev–Trinajstić information content (AvgIpc) is 3.29. The molecule has 11 heteroatoms. The monoisotopic (exact) mass is 389 g/mol. The number of carbonyl (C=O) groups excluding carboxylic acids is 1. The second-order valence-corrected chi connectivity index (χ2v) is 7.13. The molecule has 0 aliphatic heterocycles. The van der Waals surface area contributed by atoms with Crippen LogP contribution in [-0.2, 0) is 4.79 Å². The van der Waals surface area contributed by atoms with Gasteiger partial charge in [0.15, 0.2) is 0 Å². The second kappa shape index (κ2) is 7.52. The zero-order valence-electron chi connectivity index (χ0n) is 13.0. The molecule has 1 aliphatic rings. The number of halogens is 3. The molecule has 2 aromatic rings. The minimum Gasteiger partial charge on any atom is -0.433 e. The summed E-state index contributed by atoms with van der Waals surface area (Å²) in [7, 11) is 0. The number of hydrogen-bond acceptors (Lipinski definition) is 6. The second-order valence-electron chi connectivity index (χ2n) is 5.41. The van der Waals surface area contributed by atoms with Gasteiger partial charge in [0.1, 0.15) is 5.75 Å². The van der Waals surface area contributed by atoms with E-state index in [9.17, 15) is 13.6 Å². The van der Waals surface area contributed by atoms with Crippen molar-refractivity contribution < 1.29 is 18.3 Å². The van der Waals surface area contributed by atoms with E-state index in [1.54, 1.807) is 11.6 Å². The number of aromatic nitrogens is 4. The number of amides is 1. The van der Waals surface area contributed by atoms with Crippen molar-refractivity contribution in [2.24, 2.45) is 0 Å². The van der Waals surface area contributed by atoms with Crippen LogP contribution < -0.4 is 10.1 Å². The SMILES string of the molecule is C[C@H](Sc1nnnn1C1CC1)C(=O)Nc1ccc(OC(F)F)c(Cl)c1. The van der Waals surface area contributed by atoms with Crippen LogP contribution in [0.5, 0.6) is 5.75 Å². The molecular weight excluding hydrogens is 376 g/mol. The van der Waals surface area contributed by atoms with Crippen LogP contribution >= 0.6 is 23.4 Å². The number of carbonyl (C=O) groups is 1. The van der Waals surface area contributed by atoms with Crippen LogP contribution in [0.1, 0.15) is 25.8 Å². The lowest BCUT2D eigenvalue weighted by atomic mass is 10.3. The average molecular weight is 390 g/mol. The predicted octanol–water partition coefficient (Wildman–Crippen LogP) is 3.38. The fraction of sp³-hybridized carbons (Fsp3) is 0.429. The summed E-state index contributed by atoms with van der Waals surface area (Å²) in [5, 5.41) is 14.3. The van der Waals surface area contributed by atoms with E-state index in [2.05, 4.69) is 25.6 Å². The Morgan fingerprint density at radius 3 is 2.88 bits per heavy atom. The Balaban J connectivity index is 1.61. The molecule has 1 aromatic heterocycles. The normalized spacial score (nSPS) is 15.2. The van der Waals surface area contributed by atoms with E-state index in [-0.39, 0.29) is 16.7 Å². The molecule has 1 heterocycles. The molecule has 0 unspecified atom stereocenters. The zero-order valence-corrected chi connectivity index (χ0v) is 14.6. The Morgan fingerprint density at radius 2 is 2.24 bits per heavy atom. The number of tetrazole rings is 1. The van der Waals surface area contributed by atoms with Crippen molar-refractivity contribution in [3.05, 3.63) is 23.2 Å². The Bertz CT molecular complexity index is 771. The van der Waals surface area contributed by atoms with Crippen LogP contribution in [0.3, 0.4) is 0 Å². The Morgan fingerprint density at radius 1 is 1.48 bits per heavy atom. The molecule has 0 bridgehead atoms. The minimum absolute atomic E-state index is 0.0175. The molecule has 7 nitrogen and oxygen atoms in total. The highest BCUT2D eigenvalue weighted by atomic mass is 35.5. The summed E-state index contributed by atoms with van der Waals surface area (Å²) in [6.07, 6.45) is 2.06. The first-order valence-electron chi connectivity index (χ1n) is 7.44. The van der Waals surface area contributed by atoms with Crippen LogP contribution in [-0.4, -0.2) is 38.0 Å². The van der Waals surface area contributed by atoms with E-state index in [1.807, 2.05) is 0 Å². The van der Waals surface area contributed by atoms with E-state index >= 15 is 0 Å². The first-order valence-corrected chi connectivity index (χ1v) is 8.69. The van der Waals surface area contributed by atoms with E-state index in [0.29, 0.717) is 16.9 Å². The third-order valence-corrected chi connectivity index (χ3v) is 4.76. The molecule has 1 aliphatic carbocycles. The standard InChI is InChI=1S/C14H14ClF2N5O2S/c1-7(25-14-19-20-21-22(14)9-3-4-9)12(23)18-8-2-5-11(10(15)6-8)24-13(16)17/h2,5-7,9,13H,3-4H2,1H3,(H,18,23)/t7-/m0/s1. The molecule has 134 valence electrons. The molecule has 1 amide bonds. The highest BCUT2D eigenvalue weighted by Gasteiger charge is 2.29. The van der Waals surface area contributed by atoms with E-state index in [1.165, 1.54) is 30.0 Å². The largest absolute Gasteiger partial charge is 0.433 e. The number of hydrogen-bond donors (Lipinski definition) is 1. The number of thioether (sulfide) groups is 1. The maximum Gasteiger partial charge on any atom is 0.387 e. The Kier molecular flexibility index (Phi) is 5.38. The van der Waals surface area contributed by atoms with Gasteiger partial charge in [-0.3, -0.25) is 4.79 Å². The summed E-state index contributed by atoms with van der Waals surface area (Å²) in [4.78, 5) is 12.3. The lowest BCUT2D eigenvalue weighted by Crippen LogP contribution is -2.23. The minimum atomic E-state index is -2.97. The molecule has 0 radical (unpaired) electrons. The van der Waals surface area contributed by atoms with Gasteiger partial charge in [0.05, 0.1) is 16.3 Å². The third kappa shape index (κ3) is 4.57. The van der Waals surface area contributed by atoms with Crippen LogP contribution in [0.2, 0.25) is 5.02 Å². The Labute approximate surface area is 151 Å². The van der Waals surface area contributed by atoms with Gasteiger partial charge in [-0.05, 0) is 48.4 Å². The van der Waals surface area contributed by atoms with Crippen LogP contribution in [0, 0.1) is 0 Å². The molecule has 1 atom stereocenters. The topological polar surface area (TPSA) is 81.9 Å². The summed E-state index contributed by atoms with van der Waals surface area (Å²) >= 11 is 7.12. The quantitative estimate of drug-likeness (QED) is 0.731. The number of nitrogens with zero attached hydrogens (tertiary/aromatic N) is 4. The third-order valence-electron chi connectivity index (χ3n) is 3.42. The highest BCUT2D eigenvalue weighted by Crippen LogP contribution is 2.37. The van der Waals surface area contributed by atoms with Crippen molar-refractivity contribution in [2.45, 2.75) is 42.8 Å². The summed E-state index contributed by atoms with van der Waals surface area (Å²) in [5.41, 5.74) is 0.380. The van der Waals surface area contributed by atoms with E-state index in [0.717, 1.165) is 12.8 Å². The molecule has 1 saturated carbocycles. The van der Waals surface area contributed by atoms with Gasteiger partial charge in [0.2, 0.25) is 11.1 Å².